The third kappa shape index (κ3) is 2.97. The molecule has 3 heterocycles. The highest BCUT2D eigenvalue weighted by Crippen LogP contribution is 2.23. The SMILES string of the molecule is Cc1nnc2n1CCN([C@@H](C)C(=O)Nc1sccc1C(N)=O)C2. The zero-order valence-corrected chi connectivity index (χ0v) is 13.8. The average molecular weight is 334 g/mol. The summed E-state index contributed by atoms with van der Waals surface area (Å²) in [5.41, 5.74) is 5.63. The van der Waals surface area contributed by atoms with Gasteiger partial charge in [0, 0.05) is 13.1 Å². The quantitative estimate of drug-likeness (QED) is 0.851. The maximum atomic E-state index is 12.5. The van der Waals surface area contributed by atoms with E-state index in [9.17, 15) is 9.59 Å². The van der Waals surface area contributed by atoms with Crippen LogP contribution >= 0.6 is 11.3 Å². The van der Waals surface area contributed by atoms with Gasteiger partial charge < -0.3 is 15.6 Å². The molecule has 2 amide bonds. The molecule has 0 saturated carbocycles. The zero-order chi connectivity index (χ0) is 16.6. The van der Waals surface area contributed by atoms with Gasteiger partial charge in [-0.3, -0.25) is 14.5 Å². The predicted molar refractivity (Wildman–Crippen MR) is 86.1 cm³/mol. The maximum Gasteiger partial charge on any atom is 0.251 e. The van der Waals surface area contributed by atoms with Crippen LogP contribution in [0.2, 0.25) is 0 Å². The summed E-state index contributed by atoms with van der Waals surface area (Å²) in [7, 11) is 0. The number of fused-ring (bicyclic) bond motifs is 1. The number of carbonyl (C=O) groups excluding carboxylic acids is 2. The molecule has 23 heavy (non-hydrogen) atoms. The Morgan fingerprint density at radius 2 is 2.17 bits per heavy atom. The van der Waals surface area contributed by atoms with Gasteiger partial charge in [0.25, 0.3) is 5.91 Å². The molecule has 0 bridgehead atoms. The summed E-state index contributed by atoms with van der Waals surface area (Å²) in [5, 5.41) is 13.2. The Bertz CT molecular complexity index is 752. The van der Waals surface area contributed by atoms with E-state index in [4.69, 9.17) is 5.73 Å². The number of hydrogen-bond acceptors (Lipinski definition) is 6. The number of aryl methyl sites for hydroxylation is 1. The Morgan fingerprint density at radius 3 is 2.91 bits per heavy atom. The van der Waals surface area contributed by atoms with E-state index in [0.29, 0.717) is 17.1 Å². The van der Waals surface area contributed by atoms with Gasteiger partial charge in [-0.05, 0) is 25.3 Å². The van der Waals surface area contributed by atoms with E-state index in [1.807, 2.05) is 18.7 Å². The van der Waals surface area contributed by atoms with Crippen molar-refractivity contribution in [3.63, 3.8) is 0 Å². The van der Waals surface area contributed by atoms with Crippen molar-refractivity contribution in [2.45, 2.75) is 33.0 Å². The predicted octanol–water partition coefficient (Wildman–Crippen LogP) is 0.590. The van der Waals surface area contributed by atoms with Crippen LogP contribution in [0.1, 0.15) is 28.9 Å². The molecule has 0 aromatic carbocycles. The first kappa shape index (κ1) is 15.6. The van der Waals surface area contributed by atoms with E-state index in [0.717, 1.165) is 24.7 Å². The molecule has 2 aromatic heterocycles. The molecule has 2 aromatic rings. The van der Waals surface area contributed by atoms with E-state index in [2.05, 4.69) is 20.1 Å². The van der Waals surface area contributed by atoms with Crippen molar-refractivity contribution >= 4 is 28.2 Å². The third-order valence-corrected chi connectivity index (χ3v) is 4.89. The first-order chi connectivity index (χ1) is 11.0. The average Bonchev–Trinajstić information content (AvgIpc) is 3.13. The summed E-state index contributed by atoms with van der Waals surface area (Å²) < 4.78 is 2.06. The lowest BCUT2D eigenvalue weighted by Gasteiger charge is -2.31. The highest BCUT2D eigenvalue weighted by Gasteiger charge is 2.28. The molecule has 3 rings (SSSR count). The van der Waals surface area contributed by atoms with Crippen molar-refractivity contribution in [1.82, 2.24) is 19.7 Å². The van der Waals surface area contributed by atoms with Crippen LogP contribution < -0.4 is 11.1 Å². The number of nitrogens with one attached hydrogen (secondary N) is 1. The Labute approximate surface area is 137 Å². The third-order valence-electron chi connectivity index (χ3n) is 4.06. The van der Waals surface area contributed by atoms with Crippen LogP contribution in [0.25, 0.3) is 0 Å². The van der Waals surface area contributed by atoms with E-state index in [-0.39, 0.29) is 11.9 Å². The Balaban J connectivity index is 1.68. The highest BCUT2D eigenvalue weighted by molar-refractivity contribution is 7.14. The van der Waals surface area contributed by atoms with E-state index < -0.39 is 5.91 Å². The van der Waals surface area contributed by atoms with Crippen LogP contribution in [0.15, 0.2) is 11.4 Å². The molecule has 0 fully saturated rings. The number of hydrogen-bond donors (Lipinski definition) is 2. The molecule has 0 unspecified atom stereocenters. The van der Waals surface area contributed by atoms with Crippen LogP contribution in [-0.4, -0.2) is 44.1 Å². The van der Waals surface area contributed by atoms with E-state index in [1.165, 1.54) is 11.3 Å². The normalized spacial score (nSPS) is 15.9. The minimum absolute atomic E-state index is 0.167. The van der Waals surface area contributed by atoms with Crippen LogP contribution in [-0.2, 0) is 17.9 Å². The summed E-state index contributed by atoms with van der Waals surface area (Å²) in [5.74, 6) is 1.04. The Hall–Kier alpha value is -2.26. The lowest BCUT2D eigenvalue weighted by molar-refractivity contribution is -0.121. The molecule has 8 nitrogen and oxygen atoms in total. The van der Waals surface area contributed by atoms with Gasteiger partial charge in [0.1, 0.15) is 16.6 Å². The number of anilines is 1. The standard InChI is InChI=1S/C14H18N6O2S/c1-8(13(22)16-14-10(12(15)21)3-6-23-14)19-4-5-20-9(2)17-18-11(20)7-19/h3,6,8H,4-5,7H2,1-2H3,(H2,15,21)(H,16,22)/t8-/m0/s1. The number of nitrogens with zero attached hydrogens (tertiary/aromatic N) is 4. The lowest BCUT2D eigenvalue weighted by atomic mass is 10.2. The summed E-state index contributed by atoms with van der Waals surface area (Å²) >= 11 is 1.28. The van der Waals surface area contributed by atoms with Gasteiger partial charge in [0.2, 0.25) is 5.91 Å². The molecule has 0 saturated heterocycles. The van der Waals surface area contributed by atoms with Crippen molar-refractivity contribution < 1.29 is 9.59 Å². The monoisotopic (exact) mass is 334 g/mol. The second-order valence-electron chi connectivity index (χ2n) is 5.48. The summed E-state index contributed by atoms with van der Waals surface area (Å²) in [6.45, 7) is 5.84. The summed E-state index contributed by atoms with van der Waals surface area (Å²) in [4.78, 5) is 25.8. The molecule has 9 heteroatoms. The Morgan fingerprint density at radius 1 is 1.39 bits per heavy atom. The topological polar surface area (TPSA) is 106 Å². The molecule has 1 aliphatic heterocycles. The molecule has 122 valence electrons. The lowest BCUT2D eigenvalue weighted by Crippen LogP contribution is -2.46. The first-order valence-corrected chi connectivity index (χ1v) is 8.16. The van der Waals surface area contributed by atoms with Crippen LogP contribution in [0, 0.1) is 6.92 Å². The maximum absolute atomic E-state index is 12.5. The van der Waals surface area contributed by atoms with Gasteiger partial charge in [-0.15, -0.1) is 21.5 Å². The number of carbonyl (C=O) groups is 2. The molecule has 1 atom stereocenters. The smallest absolute Gasteiger partial charge is 0.251 e. The van der Waals surface area contributed by atoms with Gasteiger partial charge in [-0.2, -0.15) is 0 Å². The van der Waals surface area contributed by atoms with Gasteiger partial charge >= 0.3 is 0 Å². The molecule has 3 N–H and O–H groups in total. The molecule has 0 aliphatic carbocycles. The molecular formula is C14H18N6O2S. The van der Waals surface area contributed by atoms with Crippen LogP contribution in [0.4, 0.5) is 5.00 Å². The fourth-order valence-corrected chi connectivity index (χ4v) is 3.43. The number of rotatable bonds is 4. The molecule has 0 radical (unpaired) electrons. The number of thiophene rings is 1. The fourth-order valence-electron chi connectivity index (χ4n) is 2.63. The number of aromatic nitrogens is 3. The van der Waals surface area contributed by atoms with Gasteiger partial charge in [0.05, 0.1) is 18.2 Å². The van der Waals surface area contributed by atoms with Gasteiger partial charge in [0.15, 0.2) is 0 Å². The number of primary amides is 1. The minimum Gasteiger partial charge on any atom is -0.366 e. The van der Waals surface area contributed by atoms with E-state index >= 15 is 0 Å². The van der Waals surface area contributed by atoms with Crippen LogP contribution in [0.5, 0.6) is 0 Å². The second kappa shape index (κ2) is 6.09. The highest BCUT2D eigenvalue weighted by atomic mass is 32.1. The summed E-state index contributed by atoms with van der Waals surface area (Å²) in [6.07, 6.45) is 0. The number of nitrogens with two attached hydrogens (primary N) is 1. The van der Waals surface area contributed by atoms with Crippen molar-refractivity contribution in [1.29, 1.82) is 0 Å². The number of amides is 2. The molecule has 0 spiro atoms. The fraction of sp³-hybridized carbons (Fsp3) is 0.429. The van der Waals surface area contributed by atoms with Gasteiger partial charge in [-0.1, -0.05) is 0 Å². The largest absolute Gasteiger partial charge is 0.366 e. The Kier molecular flexibility index (Phi) is 4.14. The summed E-state index contributed by atoms with van der Waals surface area (Å²) in [6, 6.07) is 1.27. The molecule has 1 aliphatic rings. The zero-order valence-electron chi connectivity index (χ0n) is 12.9. The molecular weight excluding hydrogens is 316 g/mol. The van der Waals surface area contributed by atoms with Gasteiger partial charge in [-0.25, -0.2) is 0 Å². The van der Waals surface area contributed by atoms with Crippen molar-refractivity contribution in [2.75, 3.05) is 11.9 Å². The minimum atomic E-state index is -0.546. The second-order valence-corrected chi connectivity index (χ2v) is 6.39. The van der Waals surface area contributed by atoms with Crippen molar-refractivity contribution in [3.8, 4) is 0 Å². The van der Waals surface area contributed by atoms with E-state index in [1.54, 1.807) is 11.4 Å². The van der Waals surface area contributed by atoms with Crippen molar-refractivity contribution in [3.05, 3.63) is 28.7 Å². The van der Waals surface area contributed by atoms with Crippen LogP contribution in [0.3, 0.4) is 0 Å². The van der Waals surface area contributed by atoms with Crippen molar-refractivity contribution in [2.24, 2.45) is 5.73 Å². The first-order valence-electron chi connectivity index (χ1n) is 7.28.